The maximum atomic E-state index is 12.0. The number of amides is 2. The van der Waals surface area contributed by atoms with Crippen LogP contribution in [0, 0.1) is 0 Å². The molecule has 2 rings (SSSR count). The maximum absolute atomic E-state index is 12.0. The second kappa shape index (κ2) is 7.26. The van der Waals surface area contributed by atoms with Crippen LogP contribution in [0.15, 0.2) is 0 Å². The lowest BCUT2D eigenvalue weighted by molar-refractivity contribution is -0.139. The molecule has 8 heteroatoms. The van der Waals surface area contributed by atoms with E-state index in [2.05, 4.69) is 15.4 Å². The van der Waals surface area contributed by atoms with Crippen LogP contribution in [0.2, 0.25) is 0 Å². The summed E-state index contributed by atoms with van der Waals surface area (Å²) < 4.78 is 9.26. The molecule has 1 heterocycles. The Hall–Kier alpha value is -2.09. The van der Waals surface area contributed by atoms with Gasteiger partial charge in [0.05, 0.1) is 19.8 Å². The number of anilines is 1. The van der Waals surface area contributed by atoms with Crippen molar-refractivity contribution < 1.29 is 23.9 Å². The van der Waals surface area contributed by atoms with Gasteiger partial charge < -0.3 is 14.8 Å². The topological polar surface area (TPSA) is 93.7 Å². The summed E-state index contributed by atoms with van der Waals surface area (Å²) in [6.07, 6.45) is 3.79. The number of esters is 2. The number of carbonyl (C=O) groups is 3. The zero-order valence-electron chi connectivity index (χ0n) is 12.5. The molecule has 0 atom stereocenters. The Labute approximate surface area is 132 Å². The Morgan fingerprint density at radius 1 is 1.14 bits per heavy atom. The second-order valence-electron chi connectivity index (χ2n) is 4.79. The average Bonchev–Trinajstić information content (AvgIpc) is 2.89. The smallest absolute Gasteiger partial charge is 0.341 e. The lowest BCUT2D eigenvalue weighted by Crippen LogP contribution is -2.33. The van der Waals surface area contributed by atoms with Crippen LogP contribution in [0.1, 0.15) is 33.6 Å². The van der Waals surface area contributed by atoms with Crippen molar-refractivity contribution in [1.82, 2.24) is 5.32 Å². The number of ether oxygens (including phenoxy) is 2. The molecule has 22 heavy (non-hydrogen) atoms. The van der Waals surface area contributed by atoms with Crippen molar-refractivity contribution in [3.8, 4) is 0 Å². The average molecular weight is 326 g/mol. The molecular formula is C14H18N2O5S. The zero-order valence-corrected chi connectivity index (χ0v) is 13.3. The summed E-state index contributed by atoms with van der Waals surface area (Å²) in [6, 6.07) is -0.561. The first kappa shape index (κ1) is 16.3. The Morgan fingerprint density at radius 2 is 1.86 bits per heavy atom. The van der Waals surface area contributed by atoms with E-state index in [1.807, 2.05) is 0 Å². The minimum absolute atomic E-state index is 0.235. The van der Waals surface area contributed by atoms with Crippen LogP contribution in [-0.4, -0.2) is 38.7 Å². The van der Waals surface area contributed by atoms with Gasteiger partial charge in [-0.15, -0.1) is 11.3 Å². The van der Waals surface area contributed by atoms with E-state index in [1.165, 1.54) is 25.6 Å². The summed E-state index contributed by atoms with van der Waals surface area (Å²) in [5.41, 5.74) is 1.39. The van der Waals surface area contributed by atoms with Crippen LogP contribution < -0.4 is 10.6 Å². The second-order valence-corrected chi connectivity index (χ2v) is 5.90. The lowest BCUT2D eigenvalue weighted by Gasteiger charge is -2.11. The number of methoxy groups -OCH3 is 2. The molecule has 0 fully saturated rings. The van der Waals surface area contributed by atoms with Gasteiger partial charge in [0.2, 0.25) is 0 Å². The Morgan fingerprint density at radius 3 is 2.55 bits per heavy atom. The highest BCUT2D eigenvalue weighted by Crippen LogP contribution is 2.38. The molecule has 2 N–H and O–H groups in total. The fourth-order valence-corrected chi connectivity index (χ4v) is 3.62. The first-order chi connectivity index (χ1) is 10.6. The van der Waals surface area contributed by atoms with E-state index in [9.17, 15) is 14.4 Å². The first-order valence-electron chi connectivity index (χ1n) is 6.91. The quantitative estimate of drug-likeness (QED) is 0.822. The highest BCUT2D eigenvalue weighted by Gasteiger charge is 2.26. The van der Waals surface area contributed by atoms with Gasteiger partial charge in [0, 0.05) is 4.88 Å². The number of hydrogen-bond donors (Lipinski definition) is 2. The van der Waals surface area contributed by atoms with Crippen LogP contribution in [0.25, 0.3) is 0 Å². The number of nitrogens with one attached hydrogen (secondary N) is 2. The Bertz CT molecular complexity index is 596. The molecule has 0 aliphatic heterocycles. The minimum atomic E-state index is -0.561. The van der Waals surface area contributed by atoms with Gasteiger partial charge in [0.1, 0.15) is 11.5 Å². The molecule has 0 radical (unpaired) electrons. The van der Waals surface area contributed by atoms with E-state index >= 15 is 0 Å². The van der Waals surface area contributed by atoms with E-state index in [0.717, 1.165) is 36.1 Å². The molecule has 0 saturated carbocycles. The van der Waals surface area contributed by atoms with Gasteiger partial charge in [-0.05, 0) is 31.2 Å². The molecule has 120 valence electrons. The third kappa shape index (κ3) is 3.56. The van der Waals surface area contributed by atoms with Crippen LogP contribution in [-0.2, 0) is 27.1 Å². The molecule has 7 nitrogen and oxygen atoms in total. The largest absolute Gasteiger partial charge is 0.468 e. The number of thiophene rings is 1. The fraction of sp³-hybridized carbons (Fsp3) is 0.500. The van der Waals surface area contributed by atoms with Crippen molar-refractivity contribution in [1.29, 1.82) is 0 Å². The van der Waals surface area contributed by atoms with E-state index in [0.29, 0.717) is 10.6 Å². The van der Waals surface area contributed by atoms with E-state index < -0.39 is 18.0 Å². The molecule has 1 aliphatic rings. The first-order valence-corrected chi connectivity index (χ1v) is 7.73. The number of aryl methyl sites for hydroxylation is 1. The molecular weight excluding hydrogens is 308 g/mol. The van der Waals surface area contributed by atoms with Gasteiger partial charge in [-0.3, -0.25) is 10.1 Å². The van der Waals surface area contributed by atoms with Gasteiger partial charge in [0.25, 0.3) is 0 Å². The summed E-state index contributed by atoms with van der Waals surface area (Å²) in [4.78, 5) is 36.0. The van der Waals surface area contributed by atoms with Crippen molar-refractivity contribution in [3.63, 3.8) is 0 Å². The lowest BCUT2D eigenvalue weighted by atomic mass is 9.95. The third-order valence-electron chi connectivity index (χ3n) is 3.41. The molecule has 0 aromatic carbocycles. The zero-order chi connectivity index (χ0) is 16.1. The predicted octanol–water partition coefficient (Wildman–Crippen LogP) is 1.71. The van der Waals surface area contributed by atoms with E-state index in [4.69, 9.17) is 4.74 Å². The highest BCUT2D eigenvalue weighted by molar-refractivity contribution is 7.17. The standard InChI is InChI=1S/C14H18N2O5S/c1-20-10(17)7-15-14(19)16-12-11(13(18)21-2)8-5-3-4-6-9(8)22-12/h3-7H2,1-2H3,(H2,15,16,19). The van der Waals surface area contributed by atoms with Crippen LogP contribution in [0.3, 0.4) is 0 Å². The van der Waals surface area contributed by atoms with Gasteiger partial charge >= 0.3 is 18.0 Å². The molecule has 0 unspecified atom stereocenters. The number of carbonyl (C=O) groups excluding carboxylic acids is 3. The summed E-state index contributed by atoms with van der Waals surface area (Å²) in [5, 5.41) is 5.46. The molecule has 1 aromatic rings. The normalized spacial score (nSPS) is 13.0. The minimum Gasteiger partial charge on any atom is -0.468 e. The van der Waals surface area contributed by atoms with Gasteiger partial charge in [-0.25, -0.2) is 9.59 Å². The van der Waals surface area contributed by atoms with Gasteiger partial charge in [0.15, 0.2) is 0 Å². The van der Waals surface area contributed by atoms with Crippen LogP contribution >= 0.6 is 11.3 Å². The highest BCUT2D eigenvalue weighted by atomic mass is 32.1. The summed E-state index contributed by atoms with van der Waals surface area (Å²) >= 11 is 1.39. The summed E-state index contributed by atoms with van der Waals surface area (Å²) in [6.45, 7) is -0.235. The molecule has 0 spiro atoms. The van der Waals surface area contributed by atoms with Crippen molar-refractivity contribution >= 4 is 34.3 Å². The van der Waals surface area contributed by atoms with Gasteiger partial charge in [-0.1, -0.05) is 0 Å². The summed E-state index contributed by atoms with van der Waals surface area (Å²) in [5.74, 6) is -1.00. The SMILES string of the molecule is COC(=O)CNC(=O)Nc1sc2c(c1C(=O)OC)CCCC2. The van der Waals surface area contributed by atoms with E-state index in [1.54, 1.807) is 0 Å². The predicted molar refractivity (Wildman–Crippen MR) is 81.3 cm³/mol. The van der Waals surface area contributed by atoms with E-state index in [-0.39, 0.29) is 6.54 Å². The molecule has 1 aliphatic carbocycles. The Balaban J connectivity index is 2.16. The Kier molecular flexibility index (Phi) is 5.37. The van der Waals surface area contributed by atoms with Gasteiger partial charge in [-0.2, -0.15) is 0 Å². The molecule has 1 aromatic heterocycles. The van der Waals surface area contributed by atoms with Crippen molar-refractivity contribution in [2.24, 2.45) is 0 Å². The number of hydrogen-bond acceptors (Lipinski definition) is 6. The monoisotopic (exact) mass is 326 g/mol. The number of rotatable bonds is 4. The van der Waals surface area contributed by atoms with Crippen LogP contribution in [0.4, 0.5) is 9.80 Å². The molecule has 0 bridgehead atoms. The van der Waals surface area contributed by atoms with Crippen molar-refractivity contribution in [3.05, 3.63) is 16.0 Å². The van der Waals surface area contributed by atoms with Crippen molar-refractivity contribution in [2.75, 3.05) is 26.1 Å². The fourth-order valence-electron chi connectivity index (χ4n) is 2.34. The molecule has 0 saturated heterocycles. The summed E-state index contributed by atoms with van der Waals surface area (Å²) in [7, 11) is 2.56. The molecule has 2 amide bonds. The van der Waals surface area contributed by atoms with Crippen LogP contribution in [0.5, 0.6) is 0 Å². The number of fused-ring (bicyclic) bond motifs is 1. The number of urea groups is 1. The maximum Gasteiger partial charge on any atom is 0.341 e. The van der Waals surface area contributed by atoms with Crippen molar-refractivity contribution in [2.45, 2.75) is 25.7 Å². The third-order valence-corrected chi connectivity index (χ3v) is 4.62.